The summed E-state index contributed by atoms with van der Waals surface area (Å²) in [5.41, 5.74) is 0. The minimum absolute atomic E-state index is 0. The molecule has 0 aromatic rings. The topological polar surface area (TPSA) is 35.8 Å². The van der Waals surface area contributed by atoms with Gasteiger partial charge in [-0.3, -0.25) is 4.99 Å². The van der Waals surface area contributed by atoms with Crippen LogP contribution in [-0.2, 0) is 0 Å². The normalized spacial score (nSPS) is 15.9. The van der Waals surface area contributed by atoms with E-state index in [0.717, 1.165) is 25.3 Å². The van der Waals surface area contributed by atoms with Gasteiger partial charge in [-0.05, 0) is 13.3 Å². The van der Waals surface area contributed by atoms with Crippen LogP contribution >= 0.6 is 0 Å². The molecule has 1 heterocycles. The van der Waals surface area contributed by atoms with Crippen LogP contribution in [-0.4, -0.2) is 64.7 Å². The molecule has 0 saturated carbocycles. The van der Waals surface area contributed by atoms with Gasteiger partial charge < -0.3 is 10.0 Å². The Labute approximate surface area is 147 Å². The van der Waals surface area contributed by atoms with Crippen molar-refractivity contribution in [2.45, 2.75) is 84.3 Å². The molecule has 0 saturated heterocycles. The van der Waals surface area contributed by atoms with E-state index >= 15 is 0 Å². The number of hydrogen-bond acceptors (Lipinski definition) is 3. The van der Waals surface area contributed by atoms with Crippen molar-refractivity contribution in [1.82, 2.24) is 4.90 Å². The molecule has 20 heavy (non-hydrogen) atoms. The number of aliphatic hydroxyl groups is 1. The molecule has 0 aromatic carbocycles. The van der Waals surface area contributed by atoms with Crippen molar-refractivity contribution in [3.8, 4) is 0 Å². The molecule has 0 bridgehead atoms. The fourth-order valence-electron chi connectivity index (χ4n) is 2.73. The zero-order valence-corrected chi connectivity index (χ0v) is 12.9. The first-order valence-electron chi connectivity index (χ1n) is 8.23. The van der Waals surface area contributed by atoms with E-state index < -0.39 is 0 Å². The van der Waals surface area contributed by atoms with Gasteiger partial charge in [0.25, 0.3) is 0 Å². The van der Waals surface area contributed by atoms with Crippen LogP contribution < -0.4 is 0 Å². The molecule has 114 valence electrons. The second kappa shape index (κ2) is 13.1. The molecule has 0 fully saturated rings. The van der Waals surface area contributed by atoms with Crippen molar-refractivity contribution in [1.29, 1.82) is 0 Å². The Kier molecular flexibility index (Phi) is 13.4. The van der Waals surface area contributed by atoms with Gasteiger partial charge in [0.15, 0.2) is 0 Å². The Bertz CT molecular complexity index is 257. The molecule has 1 rings (SSSR count). The van der Waals surface area contributed by atoms with Crippen molar-refractivity contribution < 1.29 is 5.11 Å². The summed E-state index contributed by atoms with van der Waals surface area (Å²) in [6.07, 6.45) is 12.9. The Balaban J connectivity index is 0.00000361. The Morgan fingerprint density at radius 3 is 2.15 bits per heavy atom. The van der Waals surface area contributed by atoms with Gasteiger partial charge in [-0.25, -0.2) is 0 Å². The van der Waals surface area contributed by atoms with Gasteiger partial charge in [0.1, 0.15) is 12.1 Å². The van der Waals surface area contributed by atoms with Crippen LogP contribution in [0.2, 0.25) is 0 Å². The van der Waals surface area contributed by atoms with Crippen LogP contribution in [0.5, 0.6) is 0 Å². The van der Waals surface area contributed by atoms with Crippen LogP contribution in [0.1, 0.15) is 78.1 Å². The first-order chi connectivity index (χ1) is 9.25. The maximum atomic E-state index is 9.61. The molecular formula is C16H33N2NaO. The number of aliphatic imine (C=N–C) groups is 1. The summed E-state index contributed by atoms with van der Waals surface area (Å²) in [6.45, 7) is 5.85. The number of aliphatic hydroxyl groups excluding tert-OH is 1. The van der Waals surface area contributed by atoms with Crippen molar-refractivity contribution in [3.63, 3.8) is 0 Å². The standard InChI is InChI=1S/C16H32N2O.Na.H/c1-3-4-5-6-7-8-9-10-11-12-16-17-13-14-18(16)15(2)19;;/h15,19H,3-14H2,1-2H3;;. The van der Waals surface area contributed by atoms with Crippen molar-refractivity contribution >= 4 is 35.4 Å². The van der Waals surface area contributed by atoms with Crippen LogP contribution in [0.25, 0.3) is 0 Å². The molecule has 0 amide bonds. The summed E-state index contributed by atoms with van der Waals surface area (Å²) < 4.78 is 0. The van der Waals surface area contributed by atoms with Gasteiger partial charge >= 0.3 is 29.6 Å². The van der Waals surface area contributed by atoms with E-state index in [1.54, 1.807) is 0 Å². The van der Waals surface area contributed by atoms with Gasteiger partial charge in [-0.2, -0.15) is 0 Å². The maximum absolute atomic E-state index is 9.61. The Morgan fingerprint density at radius 1 is 1.05 bits per heavy atom. The predicted molar refractivity (Wildman–Crippen MR) is 89.7 cm³/mol. The zero-order chi connectivity index (χ0) is 13.9. The van der Waals surface area contributed by atoms with E-state index in [9.17, 15) is 5.11 Å². The van der Waals surface area contributed by atoms with Gasteiger partial charge in [0, 0.05) is 13.0 Å². The molecular weight excluding hydrogens is 259 g/mol. The number of amidine groups is 1. The van der Waals surface area contributed by atoms with E-state index in [1.165, 1.54) is 57.8 Å². The first kappa shape index (κ1) is 20.4. The van der Waals surface area contributed by atoms with E-state index in [0.29, 0.717) is 0 Å². The fraction of sp³-hybridized carbons (Fsp3) is 0.938. The Hall–Kier alpha value is 0.430. The average Bonchev–Trinajstić information content (AvgIpc) is 2.85. The summed E-state index contributed by atoms with van der Waals surface area (Å²) in [4.78, 5) is 6.52. The van der Waals surface area contributed by atoms with Crippen LogP contribution in [0, 0.1) is 0 Å². The number of rotatable bonds is 11. The second-order valence-corrected chi connectivity index (χ2v) is 5.70. The minimum atomic E-state index is -0.375. The summed E-state index contributed by atoms with van der Waals surface area (Å²) in [5.74, 6) is 1.12. The van der Waals surface area contributed by atoms with Gasteiger partial charge in [-0.1, -0.05) is 58.3 Å². The van der Waals surface area contributed by atoms with Crippen LogP contribution in [0.15, 0.2) is 4.99 Å². The molecule has 0 aromatic heterocycles. The van der Waals surface area contributed by atoms with E-state index in [-0.39, 0.29) is 35.8 Å². The quantitative estimate of drug-likeness (QED) is 0.468. The zero-order valence-electron chi connectivity index (χ0n) is 12.9. The summed E-state index contributed by atoms with van der Waals surface area (Å²) >= 11 is 0. The molecule has 3 nitrogen and oxygen atoms in total. The van der Waals surface area contributed by atoms with Crippen molar-refractivity contribution in [2.75, 3.05) is 13.1 Å². The third-order valence-electron chi connectivity index (χ3n) is 3.92. The molecule has 0 spiro atoms. The Morgan fingerprint density at radius 2 is 1.60 bits per heavy atom. The molecule has 0 radical (unpaired) electrons. The number of hydrogen-bond donors (Lipinski definition) is 1. The summed E-state index contributed by atoms with van der Waals surface area (Å²) in [5, 5.41) is 9.61. The fourth-order valence-corrected chi connectivity index (χ4v) is 2.73. The molecule has 1 aliphatic heterocycles. The SMILES string of the molecule is CCCCCCCCCCCC1=NCCN1C(C)O.[NaH]. The van der Waals surface area contributed by atoms with Crippen molar-refractivity contribution in [3.05, 3.63) is 0 Å². The molecule has 1 atom stereocenters. The number of nitrogens with zero attached hydrogens (tertiary/aromatic N) is 2. The van der Waals surface area contributed by atoms with Gasteiger partial charge in [-0.15, -0.1) is 0 Å². The van der Waals surface area contributed by atoms with E-state index in [2.05, 4.69) is 11.9 Å². The number of unbranched alkanes of at least 4 members (excludes halogenated alkanes) is 8. The van der Waals surface area contributed by atoms with E-state index in [1.807, 2.05) is 11.8 Å². The molecule has 1 aliphatic rings. The van der Waals surface area contributed by atoms with Crippen LogP contribution in [0.3, 0.4) is 0 Å². The predicted octanol–water partition coefficient (Wildman–Crippen LogP) is 3.31. The molecule has 0 aliphatic carbocycles. The molecule has 1 N–H and O–H groups in total. The second-order valence-electron chi connectivity index (χ2n) is 5.70. The summed E-state index contributed by atoms with van der Waals surface area (Å²) in [7, 11) is 0. The summed E-state index contributed by atoms with van der Waals surface area (Å²) in [6, 6.07) is 0. The third kappa shape index (κ3) is 8.66. The van der Waals surface area contributed by atoms with Crippen LogP contribution in [0.4, 0.5) is 0 Å². The molecule has 1 unspecified atom stereocenters. The first-order valence-corrected chi connectivity index (χ1v) is 8.23. The molecule has 4 heteroatoms. The van der Waals surface area contributed by atoms with Crippen molar-refractivity contribution in [2.24, 2.45) is 4.99 Å². The van der Waals surface area contributed by atoms with Gasteiger partial charge in [0.05, 0.1) is 6.54 Å². The monoisotopic (exact) mass is 292 g/mol. The third-order valence-corrected chi connectivity index (χ3v) is 3.92. The average molecular weight is 292 g/mol. The van der Waals surface area contributed by atoms with Gasteiger partial charge in [0.2, 0.25) is 0 Å². The van der Waals surface area contributed by atoms with E-state index in [4.69, 9.17) is 0 Å².